The van der Waals surface area contributed by atoms with Crippen LogP contribution in [0.3, 0.4) is 0 Å². The third-order valence-corrected chi connectivity index (χ3v) is 5.94. The Hall–Kier alpha value is -2.98. The summed E-state index contributed by atoms with van der Waals surface area (Å²) in [6.45, 7) is 0.541. The first-order chi connectivity index (χ1) is 16.1. The SMILES string of the molecule is COC(=O)[C@@H]1C[C@H](NC(=O)c2cc(C(F)(F)F)ccc2Cl)CN1Cc1cc(OC)ccc1OC. The molecule has 7 nitrogen and oxygen atoms in total. The van der Waals surface area contributed by atoms with Crippen LogP contribution >= 0.6 is 11.6 Å². The standard InChI is InChI=1S/C23H24ClF3N2O5/c1-32-16-5-7-20(33-2)13(8-16)11-29-12-15(10-19(29)22(31)34-3)28-21(30)17-9-14(23(25,26)27)4-6-18(17)24/h4-9,15,19H,10-12H2,1-3H3,(H,28,30)/t15-,19-/m0/s1. The molecule has 1 amide bonds. The van der Waals surface area contributed by atoms with Crippen molar-refractivity contribution in [2.24, 2.45) is 0 Å². The van der Waals surface area contributed by atoms with Crippen molar-refractivity contribution in [3.8, 4) is 11.5 Å². The monoisotopic (exact) mass is 500 g/mol. The Morgan fingerprint density at radius 1 is 1.12 bits per heavy atom. The number of rotatable bonds is 7. The highest BCUT2D eigenvalue weighted by Gasteiger charge is 2.39. The summed E-state index contributed by atoms with van der Waals surface area (Å²) in [5, 5.41) is 2.59. The van der Waals surface area contributed by atoms with Crippen molar-refractivity contribution >= 4 is 23.5 Å². The lowest BCUT2D eigenvalue weighted by atomic mass is 10.1. The molecule has 0 unspecified atom stereocenters. The highest BCUT2D eigenvalue weighted by atomic mass is 35.5. The van der Waals surface area contributed by atoms with Gasteiger partial charge in [0.15, 0.2) is 0 Å². The minimum absolute atomic E-state index is 0.106. The molecule has 0 aliphatic carbocycles. The molecule has 2 aromatic carbocycles. The van der Waals surface area contributed by atoms with Crippen LogP contribution in [-0.2, 0) is 22.3 Å². The van der Waals surface area contributed by atoms with E-state index in [1.165, 1.54) is 21.3 Å². The summed E-state index contributed by atoms with van der Waals surface area (Å²) in [5.74, 6) is -0.0532. The molecule has 1 aliphatic rings. The van der Waals surface area contributed by atoms with Gasteiger partial charge in [0, 0.05) is 24.7 Å². The van der Waals surface area contributed by atoms with Crippen LogP contribution in [0, 0.1) is 0 Å². The summed E-state index contributed by atoms with van der Waals surface area (Å²) in [6.07, 6.45) is -4.41. The van der Waals surface area contributed by atoms with Gasteiger partial charge in [-0.05, 0) is 42.8 Å². The van der Waals surface area contributed by atoms with Gasteiger partial charge in [0.25, 0.3) is 5.91 Å². The van der Waals surface area contributed by atoms with Crippen LogP contribution in [0.4, 0.5) is 13.2 Å². The zero-order chi connectivity index (χ0) is 25.0. The van der Waals surface area contributed by atoms with Gasteiger partial charge < -0.3 is 19.5 Å². The van der Waals surface area contributed by atoms with Gasteiger partial charge in [0.1, 0.15) is 17.5 Å². The van der Waals surface area contributed by atoms with Gasteiger partial charge in [-0.2, -0.15) is 13.2 Å². The van der Waals surface area contributed by atoms with Crippen LogP contribution in [0.2, 0.25) is 5.02 Å². The van der Waals surface area contributed by atoms with Crippen LogP contribution in [0.15, 0.2) is 36.4 Å². The highest BCUT2D eigenvalue weighted by Crippen LogP contribution is 2.32. The molecule has 0 radical (unpaired) electrons. The number of ether oxygens (including phenoxy) is 3. The first-order valence-electron chi connectivity index (χ1n) is 10.3. The quantitative estimate of drug-likeness (QED) is 0.581. The first-order valence-corrected chi connectivity index (χ1v) is 10.7. The van der Waals surface area contributed by atoms with Gasteiger partial charge in [-0.1, -0.05) is 11.6 Å². The third kappa shape index (κ3) is 5.74. The number of likely N-dealkylation sites (tertiary alicyclic amines) is 1. The number of hydrogen-bond acceptors (Lipinski definition) is 6. The molecule has 2 aromatic rings. The molecule has 2 atom stereocenters. The fourth-order valence-electron chi connectivity index (χ4n) is 3.93. The summed E-state index contributed by atoms with van der Waals surface area (Å²) in [7, 11) is 4.32. The van der Waals surface area contributed by atoms with Gasteiger partial charge >= 0.3 is 12.1 Å². The summed E-state index contributed by atoms with van der Waals surface area (Å²) in [5.41, 5.74) is -0.518. The highest BCUT2D eigenvalue weighted by molar-refractivity contribution is 6.33. The molecule has 0 bridgehead atoms. The molecule has 184 valence electrons. The van der Waals surface area contributed by atoms with E-state index in [2.05, 4.69) is 5.32 Å². The maximum atomic E-state index is 13.1. The van der Waals surface area contributed by atoms with E-state index in [1.54, 1.807) is 18.2 Å². The first kappa shape index (κ1) is 25.6. The Morgan fingerprint density at radius 3 is 2.47 bits per heavy atom. The number of nitrogens with zero attached hydrogens (tertiary/aromatic N) is 1. The van der Waals surface area contributed by atoms with Crippen molar-refractivity contribution < 1.29 is 37.0 Å². The van der Waals surface area contributed by atoms with Gasteiger partial charge in [-0.25, -0.2) is 0 Å². The van der Waals surface area contributed by atoms with E-state index in [0.29, 0.717) is 17.6 Å². The zero-order valence-corrected chi connectivity index (χ0v) is 19.5. The molecule has 1 aliphatic heterocycles. The lowest BCUT2D eigenvalue weighted by Crippen LogP contribution is -2.38. The molecule has 1 fully saturated rings. The van der Waals surface area contributed by atoms with Crippen molar-refractivity contribution in [1.29, 1.82) is 0 Å². The van der Waals surface area contributed by atoms with E-state index in [4.69, 9.17) is 25.8 Å². The number of carbonyl (C=O) groups is 2. The number of hydrogen-bond donors (Lipinski definition) is 1. The van der Waals surface area contributed by atoms with Crippen molar-refractivity contribution in [3.63, 3.8) is 0 Å². The average molecular weight is 501 g/mol. The van der Waals surface area contributed by atoms with E-state index < -0.39 is 35.7 Å². The maximum absolute atomic E-state index is 13.1. The number of amides is 1. The molecule has 0 spiro atoms. The Bertz CT molecular complexity index is 1060. The van der Waals surface area contributed by atoms with Crippen molar-refractivity contribution in [1.82, 2.24) is 10.2 Å². The molecular formula is C23H24ClF3N2O5. The molecule has 3 rings (SSSR count). The molecule has 1 saturated heterocycles. The predicted octanol–water partition coefficient (Wildman–Crippen LogP) is 3.92. The van der Waals surface area contributed by atoms with Crippen molar-refractivity contribution in [3.05, 3.63) is 58.1 Å². The largest absolute Gasteiger partial charge is 0.497 e. The van der Waals surface area contributed by atoms with E-state index in [9.17, 15) is 22.8 Å². The van der Waals surface area contributed by atoms with Crippen molar-refractivity contribution in [2.45, 2.75) is 31.2 Å². The summed E-state index contributed by atoms with van der Waals surface area (Å²) in [6, 6.07) is 6.61. The average Bonchev–Trinajstić information content (AvgIpc) is 3.19. The third-order valence-electron chi connectivity index (χ3n) is 5.61. The lowest BCUT2D eigenvalue weighted by molar-refractivity contribution is -0.146. The number of carbonyl (C=O) groups excluding carboxylic acids is 2. The molecule has 0 aromatic heterocycles. The van der Waals surface area contributed by atoms with E-state index in [0.717, 1.165) is 17.7 Å². The summed E-state index contributed by atoms with van der Waals surface area (Å²) in [4.78, 5) is 27.0. The number of esters is 1. The topological polar surface area (TPSA) is 77.1 Å². The molecule has 11 heteroatoms. The van der Waals surface area contributed by atoms with Gasteiger partial charge in [-0.15, -0.1) is 0 Å². The van der Waals surface area contributed by atoms with Gasteiger partial charge in [-0.3, -0.25) is 14.5 Å². The predicted molar refractivity (Wildman–Crippen MR) is 118 cm³/mol. The van der Waals surface area contributed by atoms with Gasteiger partial charge in [0.05, 0.1) is 37.5 Å². The molecule has 0 saturated carbocycles. The molecule has 1 heterocycles. The van der Waals surface area contributed by atoms with Crippen molar-refractivity contribution in [2.75, 3.05) is 27.9 Å². The number of benzene rings is 2. The number of halogens is 4. The second-order valence-electron chi connectivity index (χ2n) is 7.74. The number of methoxy groups -OCH3 is 3. The van der Waals surface area contributed by atoms with Crippen LogP contribution in [0.1, 0.15) is 27.9 Å². The second kappa shape index (κ2) is 10.5. The van der Waals surface area contributed by atoms with E-state index in [1.807, 2.05) is 4.90 Å². The van der Waals surface area contributed by atoms with E-state index in [-0.39, 0.29) is 30.1 Å². The molecule has 1 N–H and O–H groups in total. The lowest BCUT2D eigenvalue weighted by Gasteiger charge is -2.23. The molecule has 34 heavy (non-hydrogen) atoms. The minimum atomic E-state index is -4.62. The van der Waals surface area contributed by atoms with Crippen LogP contribution in [0.25, 0.3) is 0 Å². The Morgan fingerprint density at radius 2 is 1.85 bits per heavy atom. The zero-order valence-electron chi connectivity index (χ0n) is 18.7. The van der Waals surface area contributed by atoms with Crippen LogP contribution < -0.4 is 14.8 Å². The molecular weight excluding hydrogens is 477 g/mol. The Kier molecular flexibility index (Phi) is 7.93. The fourth-order valence-corrected chi connectivity index (χ4v) is 4.13. The maximum Gasteiger partial charge on any atom is 0.416 e. The minimum Gasteiger partial charge on any atom is -0.497 e. The Labute approximate surface area is 199 Å². The van der Waals surface area contributed by atoms with Gasteiger partial charge in [0.2, 0.25) is 0 Å². The number of nitrogens with one attached hydrogen (secondary N) is 1. The normalized spacial score (nSPS) is 18.4. The second-order valence-corrected chi connectivity index (χ2v) is 8.15. The van der Waals surface area contributed by atoms with Crippen LogP contribution in [0.5, 0.6) is 11.5 Å². The Balaban J connectivity index is 1.81. The van der Waals surface area contributed by atoms with E-state index >= 15 is 0 Å². The smallest absolute Gasteiger partial charge is 0.416 e. The fraction of sp³-hybridized carbons (Fsp3) is 0.391. The summed E-state index contributed by atoms with van der Waals surface area (Å²) < 4.78 is 54.8. The van der Waals surface area contributed by atoms with Crippen LogP contribution in [-0.4, -0.2) is 56.7 Å². The number of alkyl halides is 3. The summed E-state index contributed by atoms with van der Waals surface area (Å²) >= 11 is 5.99.